The van der Waals surface area contributed by atoms with Gasteiger partial charge in [0, 0.05) is 0 Å². The van der Waals surface area contributed by atoms with Gasteiger partial charge in [-0.2, -0.15) is 4.89 Å². The molecule has 1 fully saturated rings. The maximum Gasteiger partial charge on any atom is 0.104 e. The van der Waals surface area contributed by atoms with E-state index in [1.165, 1.54) is 6.42 Å². The van der Waals surface area contributed by atoms with Gasteiger partial charge in [0.15, 0.2) is 0 Å². The summed E-state index contributed by atoms with van der Waals surface area (Å²) in [5.41, 5.74) is -0.335. The summed E-state index contributed by atoms with van der Waals surface area (Å²) in [5, 5.41) is 10.1. The molecule has 1 radical (unpaired) electrons. The Hall–Kier alpha value is -0.0800. The highest BCUT2D eigenvalue weighted by Gasteiger charge is 2.28. The van der Waals surface area contributed by atoms with E-state index in [1.807, 2.05) is 6.92 Å². The van der Waals surface area contributed by atoms with Crippen LogP contribution in [0.1, 0.15) is 39.0 Å². The Balaban J connectivity index is 2.37. The van der Waals surface area contributed by atoms with Gasteiger partial charge in [0.1, 0.15) is 5.60 Å². The zero-order chi connectivity index (χ0) is 6.74. The summed E-state index contributed by atoms with van der Waals surface area (Å²) in [6.07, 6.45) is 5.45. The monoisotopic (exact) mass is 129 g/mol. The third kappa shape index (κ3) is 1.66. The van der Waals surface area contributed by atoms with Crippen molar-refractivity contribution in [3.05, 3.63) is 0 Å². The first kappa shape index (κ1) is 7.03. The van der Waals surface area contributed by atoms with E-state index in [2.05, 4.69) is 4.89 Å². The maximum absolute atomic E-state index is 10.1. The smallest absolute Gasteiger partial charge is 0.104 e. The minimum atomic E-state index is -0.335. The van der Waals surface area contributed by atoms with E-state index in [0.717, 1.165) is 25.7 Å². The largest absolute Gasteiger partial charge is 0.197 e. The van der Waals surface area contributed by atoms with Crippen LogP contribution >= 0.6 is 0 Å². The minimum absolute atomic E-state index is 0.335. The molecule has 0 N–H and O–H groups in total. The van der Waals surface area contributed by atoms with Crippen LogP contribution in [0.15, 0.2) is 0 Å². The normalized spacial score (nSPS) is 26.0. The topological polar surface area (TPSA) is 29.1 Å². The van der Waals surface area contributed by atoms with Gasteiger partial charge in [-0.15, -0.1) is 0 Å². The second-order valence-corrected chi connectivity index (χ2v) is 3.09. The predicted octanol–water partition coefficient (Wildman–Crippen LogP) is 2.07. The van der Waals surface area contributed by atoms with Gasteiger partial charge in [-0.1, -0.05) is 19.3 Å². The van der Waals surface area contributed by atoms with Gasteiger partial charge in [-0.05, 0) is 25.0 Å². The standard InChI is InChI=1S/C7H13O2/c1-7(9-8)5-3-2-4-6-7/h2-6H2,1H3. The quantitative estimate of drug-likeness (QED) is 0.393. The molecule has 0 aromatic heterocycles. The molecule has 0 unspecified atom stereocenters. The SMILES string of the molecule is CC1(O[O])CCCCC1. The average molecular weight is 129 g/mol. The Morgan fingerprint density at radius 3 is 2.11 bits per heavy atom. The summed E-state index contributed by atoms with van der Waals surface area (Å²) in [6.45, 7) is 1.90. The number of rotatable bonds is 1. The van der Waals surface area contributed by atoms with Gasteiger partial charge < -0.3 is 0 Å². The molecule has 0 aromatic rings. The van der Waals surface area contributed by atoms with Crippen molar-refractivity contribution in [2.45, 2.75) is 44.6 Å². The van der Waals surface area contributed by atoms with E-state index in [1.54, 1.807) is 0 Å². The van der Waals surface area contributed by atoms with E-state index in [0.29, 0.717) is 0 Å². The molecule has 1 saturated carbocycles. The summed E-state index contributed by atoms with van der Waals surface area (Å²) >= 11 is 0. The third-order valence-corrected chi connectivity index (χ3v) is 2.11. The van der Waals surface area contributed by atoms with Crippen molar-refractivity contribution in [2.24, 2.45) is 0 Å². The molecule has 2 heteroatoms. The van der Waals surface area contributed by atoms with Crippen LogP contribution in [0, 0.1) is 0 Å². The average Bonchev–Trinajstić information content (AvgIpc) is 1.90. The molecule has 0 saturated heterocycles. The van der Waals surface area contributed by atoms with Gasteiger partial charge >= 0.3 is 0 Å². The molecule has 0 aromatic carbocycles. The molecule has 0 spiro atoms. The van der Waals surface area contributed by atoms with Crippen LogP contribution in [0.4, 0.5) is 0 Å². The van der Waals surface area contributed by atoms with E-state index >= 15 is 0 Å². The number of hydrogen-bond donors (Lipinski definition) is 0. The van der Waals surface area contributed by atoms with Crippen molar-refractivity contribution in [1.29, 1.82) is 0 Å². The number of hydrogen-bond acceptors (Lipinski definition) is 1. The molecule has 9 heavy (non-hydrogen) atoms. The molecule has 2 nitrogen and oxygen atoms in total. The van der Waals surface area contributed by atoms with Crippen LogP contribution in [0.3, 0.4) is 0 Å². The lowest BCUT2D eigenvalue weighted by Gasteiger charge is -2.28. The van der Waals surface area contributed by atoms with Crippen LogP contribution in [0.25, 0.3) is 0 Å². The first-order chi connectivity index (χ1) is 4.27. The second kappa shape index (κ2) is 2.67. The highest BCUT2D eigenvalue weighted by molar-refractivity contribution is 4.77. The Labute approximate surface area is 55.8 Å². The highest BCUT2D eigenvalue weighted by atomic mass is 17.1. The molecule has 1 rings (SSSR count). The van der Waals surface area contributed by atoms with Gasteiger partial charge in [-0.3, -0.25) is 0 Å². The Morgan fingerprint density at radius 2 is 1.78 bits per heavy atom. The van der Waals surface area contributed by atoms with Crippen molar-refractivity contribution in [3.63, 3.8) is 0 Å². The van der Waals surface area contributed by atoms with E-state index in [-0.39, 0.29) is 5.60 Å². The molecule has 0 atom stereocenters. The molecule has 0 bridgehead atoms. The van der Waals surface area contributed by atoms with Crippen LogP contribution in [-0.2, 0) is 10.1 Å². The molecule has 0 aliphatic heterocycles. The van der Waals surface area contributed by atoms with Gasteiger partial charge in [0.2, 0.25) is 0 Å². The predicted molar refractivity (Wildman–Crippen MR) is 33.3 cm³/mol. The Bertz CT molecular complexity index is 84.9. The maximum atomic E-state index is 10.1. The van der Waals surface area contributed by atoms with Gasteiger partial charge in [0.25, 0.3) is 0 Å². The zero-order valence-electron chi connectivity index (χ0n) is 5.85. The fourth-order valence-corrected chi connectivity index (χ4v) is 1.38. The van der Waals surface area contributed by atoms with E-state index in [9.17, 15) is 5.26 Å². The van der Waals surface area contributed by atoms with Crippen LogP contribution in [0.2, 0.25) is 0 Å². The lowest BCUT2D eigenvalue weighted by Crippen LogP contribution is -2.29. The fourth-order valence-electron chi connectivity index (χ4n) is 1.38. The zero-order valence-corrected chi connectivity index (χ0v) is 5.85. The minimum Gasteiger partial charge on any atom is -0.197 e. The lowest BCUT2D eigenvalue weighted by molar-refractivity contribution is -0.374. The Kier molecular flexibility index (Phi) is 2.09. The third-order valence-electron chi connectivity index (χ3n) is 2.11. The van der Waals surface area contributed by atoms with Gasteiger partial charge in [0.05, 0.1) is 0 Å². The van der Waals surface area contributed by atoms with Gasteiger partial charge in [-0.25, -0.2) is 0 Å². The van der Waals surface area contributed by atoms with E-state index < -0.39 is 0 Å². The fraction of sp³-hybridized carbons (Fsp3) is 1.00. The summed E-state index contributed by atoms with van der Waals surface area (Å²) in [7, 11) is 0. The van der Waals surface area contributed by atoms with Crippen molar-refractivity contribution < 1.29 is 10.1 Å². The van der Waals surface area contributed by atoms with Crippen molar-refractivity contribution in [2.75, 3.05) is 0 Å². The van der Waals surface area contributed by atoms with Crippen molar-refractivity contribution in [3.8, 4) is 0 Å². The highest BCUT2D eigenvalue weighted by Crippen LogP contribution is 2.29. The first-order valence-corrected chi connectivity index (χ1v) is 3.58. The lowest BCUT2D eigenvalue weighted by atomic mass is 9.87. The summed E-state index contributed by atoms with van der Waals surface area (Å²) in [4.78, 5) is 4.13. The molecule has 1 aliphatic rings. The van der Waals surface area contributed by atoms with Crippen LogP contribution < -0.4 is 0 Å². The van der Waals surface area contributed by atoms with Crippen LogP contribution in [0.5, 0.6) is 0 Å². The molecular weight excluding hydrogens is 116 g/mol. The molecular formula is C7H13O2. The first-order valence-electron chi connectivity index (χ1n) is 3.58. The molecule has 0 amide bonds. The molecule has 53 valence electrons. The summed E-state index contributed by atoms with van der Waals surface area (Å²) < 4.78 is 0. The summed E-state index contributed by atoms with van der Waals surface area (Å²) in [5.74, 6) is 0. The molecule has 1 aliphatic carbocycles. The van der Waals surface area contributed by atoms with Crippen molar-refractivity contribution >= 4 is 0 Å². The van der Waals surface area contributed by atoms with Crippen LogP contribution in [-0.4, -0.2) is 5.60 Å². The Morgan fingerprint density at radius 1 is 1.22 bits per heavy atom. The van der Waals surface area contributed by atoms with Crippen molar-refractivity contribution in [1.82, 2.24) is 0 Å². The second-order valence-electron chi connectivity index (χ2n) is 3.09. The van der Waals surface area contributed by atoms with E-state index in [4.69, 9.17) is 0 Å². The molecule has 0 heterocycles. The summed E-state index contributed by atoms with van der Waals surface area (Å²) in [6, 6.07) is 0.